The Kier molecular flexibility index (Phi) is 8.78. The van der Waals surface area contributed by atoms with E-state index in [4.69, 9.17) is 23.2 Å². The average molecular weight is 443 g/mol. The first kappa shape index (κ1) is 23.2. The van der Waals surface area contributed by atoms with E-state index in [0.717, 1.165) is 24.0 Å². The van der Waals surface area contributed by atoms with Gasteiger partial charge in [-0.05, 0) is 62.3 Å². The van der Waals surface area contributed by atoms with Crippen molar-refractivity contribution in [3.63, 3.8) is 0 Å². The number of sulfonamides is 1. The minimum Gasteiger partial charge on any atom is -0.307 e. The van der Waals surface area contributed by atoms with Crippen LogP contribution in [-0.4, -0.2) is 34.0 Å². The van der Waals surface area contributed by atoms with Gasteiger partial charge in [-0.3, -0.25) is 0 Å². The number of hydrogen-bond acceptors (Lipinski definition) is 3. The van der Waals surface area contributed by atoms with Crippen LogP contribution in [0.15, 0.2) is 47.4 Å². The van der Waals surface area contributed by atoms with Crippen LogP contribution in [0.3, 0.4) is 0 Å². The summed E-state index contributed by atoms with van der Waals surface area (Å²) in [6.45, 7) is 2.66. The molecule has 0 bridgehead atoms. The molecule has 0 unspecified atom stereocenters. The lowest BCUT2D eigenvalue weighted by Gasteiger charge is -2.23. The topological polar surface area (TPSA) is 49.4 Å². The second kappa shape index (κ2) is 10.6. The fourth-order valence-electron chi connectivity index (χ4n) is 2.97. The van der Waals surface area contributed by atoms with Crippen LogP contribution >= 0.6 is 23.2 Å². The van der Waals surface area contributed by atoms with Crippen LogP contribution in [0.2, 0.25) is 10.0 Å². The van der Waals surface area contributed by atoms with Crippen molar-refractivity contribution in [2.24, 2.45) is 0 Å². The minimum atomic E-state index is -3.67. The molecule has 2 aromatic rings. The molecule has 0 aliphatic rings. The number of benzene rings is 2. The lowest BCUT2D eigenvalue weighted by Crippen LogP contribution is -2.35. The Labute approximate surface area is 178 Å². The van der Waals surface area contributed by atoms with Crippen LogP contribution in [0.4, 0.5) is 0 Å². The van der Waals surface area contributed by atoms with Crippen LogP contribution in [0.25, 0.3) is 0 Å². The van der Waals surface area contributed by atoms with Gasteiger partial charge in [0.15, 0.2) is 0 Å². The van der Waals surface area contributed by atoms with E-state index in [0.29, 0.717) is 16.6 Å². The summed E-state index contributed by atoms with van der Waals surface area (Å²) in [6, 6.07) is 11.9. The molecular weight excluding hydrogens is 415 g/mol. The van der Waals surface area contributed by atoms with Crippen LogP contribution in [0.5, 0.6) is 0 Å². The Bertz CT molecular complexity index is 868. The van der Waals surface area contributed by atoms with Crippen LogP contribution in [-0.2, 0) is 16.4 Å². The molecular formula is C21H28Cl2N2O2S. The van der Waals surface area contributed by atoms with Gasteiger partial charge >= 0.3 is 0 Å². The molecule has 2 aromatic carbocycles. The summed E-state index contributed by atoms with van der Waals surface area (Å²) in [4.78, 5) is 2.18. The van der Waals surface area contributed by atoms with Crippen LogP contribution < -0.4 is 4.72 Å². The molecule has 7 heteroatoms. The van der Waals surface area contributed by atoms with E-state index in [1.807, 2.05) is 31.1 Å². The van der Waals surface area contributed by atoms with Gasteiger partial charge in [-0.15, -0.1) is 0 Å². The number of nitrogens with zero attached hydrogens (tertiary/aromatic N) is 1. The molecule has 0 saturated carbocycles. The number of nitrogens with one attached hydrogen (secondary N) is 1. The molecule has 0 radical (unpaired) electrons. The number of unbranched alkanes of at least 4 members (excludes halogenated alkanes) is 2. The maximum Gasteiger partial charge on any atom is 0.241 e. The molecule has 28 heavy (non-hydrogen) atoms. The van der Waals surface area contributed by atoms with Gasteiger partial charge in [0, 0.05) is 6.54 Å². The minimum absolute atomic E-state index is 0.260. The largest absolute Gasteiger partial charge is 0.307 e. The highest BCUT2D eigenvalue weighted by Crippen LogP contribution is 2.27. The molecule has 0 amide bonds. The number of hydrogen-bond donors (Lipinski definition) is 1. The summed E-state index contributed by atoms with van der Waals surface area (Å²) in [7, 11) is 0.115. The lowest BCUT2D eigenvalue weighted by molar-refractivity contribution is 0.363. The standard InChI is InChI=1S/C21H28Cl2N2O2S/c1-4-5-6-7-16-8-11-18(12-9-16)28(26,27)24-21(15-25(2)3)17-10-13-19(22)20(23)14-17/h8-14,21,24H,4-7,15H2,1-3H3/t21-/m0/s1. The van der Waals surface area contributed by atoms with Gasteiger partial charge in [0.25, 0.3) is 0 Å². The second-order valence-electron chi connectivity index (χ2n) is 7.21. The van der Waals surface area contributed by atoms with Crippen molar-refractivity contribution in [1.82, 2.24) is 9.62 Å². The molecule has 0 aliphatic heterocycles. The van der Waals surface area contributed by atoms with Crippen molar-refractivity contribution in [3.8, 4) is 0 Å². The van der Waals surface area contributed by atoms with Crippen molar-refractivity contribution >= 4 is 33.2 Å². The fourth-order valence-corrected chi connectivity index (χ4v) is 4.50. The zero-order valence-electron chi connectivity index (χ0n) is 16.6. The molecule has 0 aliphatic carbocycles. The van der Waals surface area contributed by atoms with E-state index >= 15 is 0 Å². The Morgan fingerprint density at radius 2 is 1.68 bits per heavy atom. The van der Waals surface area contributed by atoms with Gasteiger partial charge in [0.2, 0.25) is 10.0 Å². The third-order valence-electron chi connectivity index (χ3n) is 4.49. The molecule has 0 aromatic heterocycles. The number of likely N-dealkylation sites (N-methyl/N-ethyl adjacent to an activating group) is 1. The van der Waals surface area contributed by atoms with E-state index in [-0.39, 0.29) is 4.90 Å². The summed E-state index contributed by atoms with van der Waals surface area (Å²) in [5.74, 6) is 0. The molecule has 1 N–H and O–H groups in total. The van der Waals surface area contributed by atoms with Gasteiger partial charge in [0.05, 0.1) is 21.0 Å². The van der Waals surface area contributed by atoms with Gasteiger partial charge < -0.3 is 4.90 Å². The molecule has 0 spiro atoms. The normalized spacial score (nSPS) is 13.1. The summed E-state index contributed by atoms with van der Waals surface area (Å²) in [5, 5.41) is 0.842. The molecule has 0 saturated heterocycles. The Hall–Kier alpha value is -1.11. The summed E-state index contributed by atoms with van der Waals surface area (Å²) >= 11 is 12.1. The van der Waals surface area contributed by atoms with Gasteiger partial charge in [-0.25, -0.2) is 13.1 Å². The van der Waals surface area contributed by atoms with E-state index < -0.39 is 16.1 Å². The quantitative estimate of drug-likeness (QED) is 0.507. The molecule has 4 nitrogen and oxygen atoms in total. The Morgan fingerprint density at radius 3 is 2.25 bits per heavy atom. The van der Waals surface area contributed by atoms with Crippen molar-refractivity contribution < 1.29 is 8.42 Å². The monoisotopic (exact) mass is 442 g/mol. The zero-order chi connectivity index (χ0) is 20.7. The second-order valence-corrected chi connectivity index (χ2v) is 9.74. The van der Waals surface area contributed by atoms with Crippen molar-refractivity contribution in [2.45, 2.75) is 43.5 Å². The SMILES string of the molecule is CCCCCc1ccc(S(=O)(=O)N[C@@H](CN(C)C)c2ccc(Cl)c(Cl)c2)cc1. The first-order chi connectivity index (χ1) is 13.2. The maximum atomic E-state index is 12.9. The number of rotatable bonds is 10. The van der Waals surface area contributed by atoms with Gasteiger partial charge in [-0.2, -0.15) is 0 Å². The summed E-state index contributed by atoms with van der Waals surface area (Å²) in [6.07, 6.45) is 4.42. The third kappa shape index (κ3) is 6.75. The molecule has 2 rings (SSSR count). The first-order valence-electron chi connectivity index (χ1n) is 9.44. The van der Waals surface area contributed by atoms with Crippen molar-refractivity contribution in [2.75, 3.05) is 20.6 Å². The van der Waals surface area contributed by atoms with Crippen LogP contribution in [0.1, 0.15) is 43.4 Å². The maximum absolute atomic E-state index is 12.9. The van der Waals surface area contributed by atoms with Crippen LogP contribution in [0, 0.1) is 0 Å². The summed E-state index contributed by atoms with van der Waals surface area (Å²) in [5.41, 5.74) is 1.92. The van der Waals surface area contributed by atoms with Crippen molar-refractivity contribution in [1.29, 1.82) is 0 Å². The van der Waals surface area contributed by atoms with E-state index in [1.54, 1.807) is 30.3 Å². The highest BCUT2D eigenvalue weighted by molar-refractivity contribution is 7.89. The van der Waals surface area contributed by atoms with E-state index in [9.17, 15) is 8.42 Å². The number of halogens is 2. The van der Waals surface area contributed by atoms with Crippen molar-refractivity contribution in [3.05, 3.63) is 63.6 Å². The van der Waals surface area contributed by atoms with Gasteiger partial charge in [-0.1, -0.05) is 61.2 Å². The molecule has 1 atom stereocenters. The third-order valence-corrected chi connectivity index (χ3v) is 6.72. The van der Waals surface area contributed by atoms with E-state index in [2.05, 4.69) is 11.6 Å². The Balaban J connectivity index is 2.20. The van der Waals surface area contributed by atoms with E-state index in [1.165, 1.54) is 12.8 Å². The predicted octanol–water partition coefficient (Wildman–Crippen LogP) is 5.31. The first-order valence-corrected chi connectivity index (χ1v) is 11.7. The molecule has 154 valence electrons. The Morgan fingerprint density at radius 1 is 1.00 bits per heavy atom. The molecule has 0 heterocycles. The predicted molar refractivity (Wildman–Crippen MR) is 118 cm³/mol. The molecule has 0 fully saturated rings. The summed E-state index contributed by atoms with van der Waals surface area (Å²) < 4.78 is 28.7. The highest BCUT2D eigenvalue weighted by Gasteiger charge is 2.22. The zero-order valence-corrected chi connectivity index (χ0v) is 18.9. The fraction of sp³-hybridized carbons (Fsp3) is 0.429. The lowest BCUT2D eigenvalue weighted by atomic mass is 10.1. The number of aryl methyl sites for hydroxylation is 1. The smallest absolute Gasteiger partial charge is 0.241 e. The highest BCUT2D eigenvalue weighted by atomic mass is 35.5. The van der Waals surface area contributed by atoms with Gasteiger partial charge in [0.1, 0.15) is 0 Å². The average Bonchev–Trinajstić information content (AvgIpc) is 2.63.